The zero-order chi connectivity index (χ0) is 16.3. The second-order valence-corrected chi connectivity index (χ2v) is 5.15. The van der Waals surface area contributed by atoms with Crippen LogP contribution in [0.4, 0.5) is 5.69 Å². The molecule has 112 valence electrons. The minimum atomic E-state index is -1.25. The van der Waals surface area contributed by atoms with Gasteiger partial charge in [0.05, 0.1) is 21.1 Å². The Morgan fingerprint density at radius 2 is 1.86 bits per heavy atom. The maximum atomic E-state index is 11.5. The zero-order valence-corrected chi connectivity index (χ0v) is 12.5. The van der Waals surface area contributed by atoms with Gasteiger partial charge in [-0.05, 0) is 24.3 Å². The van der Waals surface area contributed by atoms with Crippen molar-refractivity contribution in [3.8, 4) is 0 Å². The van der Waals surface area contributed by atoms with E-state index < -0.39 is 10.9 Å². The number of para-hydroxylation sites is 1. The molecule has 2 rings (SSSR count). The summed E-state index contributed by atoms with van der Waals surface area (Å²) in [6.07, 6.45) is 1.22. The summed E-state index contributed by atoms with van der Waals surface area (Å²) >= 11 is 11.8. The minimum absolute atomic E-state index is 0.153. The minimum Gasteiger partial charge on any atom is -0.478 e. The summed E-state index contributed by atoms with van der Waals surface area (Å²) in [5.74, 6) is -1.25. The molecule has 0 aliphatic heterocycles. The second-order valence-electron chi connectivity index (χ2n) is 4.30. The molecule has 0 spiro atoms. The van der Waals surface area contributed by atoms with Crippen LogP contribution in [0.3, 0.4) is 0 Å². The zero-order valence-electron chi connectivity index (χ0n) is 11.0. The molecule has 2 aromatic carbocycles. The van der Waals surface area contributed by atoms with Gasteiger partial charge in [0.25, 0.3) is 5.69 Å². The van der Waals surface area contributed by atoms with Crippen molar-refractivity contribution in [3.63, 3.8) is 0 Å². The van der Waals surface area contributed by atoms with Crippen LogP contribution in [0.25, 0.3) is 11.6 Å². The van der Waals surface area contributed by atoms with E-state index in [1.165, 1.54) is 42.5 Å². The molecular formula is C15H9Cl2NO4. The van der Waals surface area contributed by atoms with E-state index in [9.17, 15) is 20.0 Å². The first-order chi connectivity index (χ1) is 10.4. The van der Waals surface area contributed by atoms with Crippen molar-refractivity contribution in [2.45, 2.75) is 0 Å². The van der Waals surface area contributed by atoms with Crippen molar-refractivity contribution < 1.29 is 14.8 Å². The fraction of sp³-hybridized carbons (Fsp3) is 0. The average Bonchev–Trinajstić information content (AvgIpc) is 2.45. The lowest BCUT2D eigenvalue weighted by Crippen LogP contribution is -2.01. The van der Waals surface area contributed by atoms with Gasteiger partial charge in [0.2, 0.25) is 0 Å². The van der Waals surface area contributed by atoms with E-state index in [0.717, 1.165) is 0 Å². The Kier molecular flexibility index (Phi) is 4.80. The maximum absolute atomic E-state index is 11.5. The van der Waals surface area contributed by atoms with Crippen LogP contribution in [0.2, 0.25) is 10.0 Å². The summed E-state index contributed by atoms with van der Waals surface area (Å²) in [6, 6.07) is 10.2. The van der Waals surface area contributed by atoms with Gasteiger partial charge in [-0.1, -0.05) is 41.4 Å². The Morgan fingerprint density at radius 1 is 1.18 bits per heavy atom. The van der Waals surface area contributed by atoms with Crippen molar-refractivity contribution >= 4 is 46.5 Å². The van der Waals surface area contributed by atoms with Crippen LogP contribution in [-0.4, -0.2) is 16.0 Å². The Balaban J connectivity index is 2.63. The van der Waals surface area contributed by atoms with Gasteiger partial charge in [-0.3, -0.25) is 10.1 Å². The van der Waals surface area contributed by atoms with Crippen LogP contribution >= 0.6 is 23.2 Å². The number of hydrogen-bond donors (Lipinski definition) is 1. The van der Waals surface area contributed by atoms with Gasteiger partial charge in [-0.25, -0.2) is 4.79 Å². The third-order valence-corrected chi connectivity index (χ3v) is 3.43. The molecule has 7 heteroatoms. The molecule has 0 amide bonds. The Morgan fingerprint density at radius 3 is 2.45 bits per heavy atom. The van der Waals surface area contributed by atoms with Crippen molar-refractivity contribution in [2.24, 2.45) is 0 Å². The number of aliphatic carboxylic acids is 1. The first-order valence-corrected chi connectivity index (χ1v) is 6.79. The summed E-state index contributed by atoms with van der Waals surface area (Å²) in [4.78, 5) is 21.9. The predicted molar refractivity (Wildman–Crippen MR) is 85.1 cm³/mol. The number of halogens is 2. The van der Waals surface area contributed by atoms with Crippen LogP contribution in [0.5, 0.6) is 0 Å². The molecule has 0 atom stereocenters. The summed E-state index contributed by atoms with van der Waals surface area (Å²) in [5.41, 5.74) is 0.0648. The van der Waals surface area contributed by atoms with E-state index in [4.69, 9.17) is 23.2 Å². The smallest absolute Gasteiger partial charge is 0.336 e. The van der Waals surface area contributed by atoms with E-state index >= 15 is 0 Å². The molecule has 22 heavy (non-hydrogen) atoms. The highest BCUT2D eigenvalue weighted by atomic mass is 35.5. The third-order valence-electron chi connectivity index (χ3n) is 2.89. The summed E-state index contributed by atoms with van der Waals surface area (Å²) in [5, 5.41) is 20.9. The molecule has 0 saturated carbocycles. The number of carboxylic acid groups (broad SMARTS) is 1. The molecule has 0 aromatic heterocycles. The number of carboxylic acids is 1. The van der Waals surface area contributed by atoms with E-state index in [0.29, 0.717) is 5.02 Å². The molecule has 1 N–H and O–H groups in total. The summed E-state index contributed by atoms with van der Waals surface area (Å²) in [7, 11) is 0. The quantitative estimate of drug-likeness (QED) is 0.384. The number of nitro benzene ring substituents is 1. The van der Waals surface area contributed by atoms with Crippen LogP contribution < -0.4 is 0 Å². The van der Waals surface area contributed by atoms with E-state index in [1.54, 1.807) is 6.07 Å². The second kappa shape index (κ2) is 6.60. The van der Waals surface area contributed by atoms with Crippen LogP contribution in [0.1, 0.15) is 11.1 Å². The molecule has 0 unspecified atom stereocenters. The van der Waals surface area contributed by atoms with E-state index in [-0.39, 0.29) is 27.4 Å². The van der Waals surface area contributed by atoms with Crippen LogP contribution in [0.15, 0.2) is 42.5 Å². The fourth-order valence-electron chi connectivity index (χ4n) is 1.89. The van der Waals surface area contributed by atoms with Gasteiger partial charge in [0.1, 0.15) is 0 Å². The van der Waals surface area contributed by atoms with E-state index in [2.05, 4.69) is 0 Å². The highest BCUT2D eigenvalue weighted by molar-refractivity contribution is 6.37. The lowest BCUT2D eigenvalue weighted by Gasteiger charge is -2.06. The monoisotopic (exact) mass is 337 g/mol. The predicted octanol–water partition coefficient (Wildman–Crippen LogP) is 4.53. The molecule has 0 fully saturated rings. The van der Waals surface area contributed by atoms with Crippen LogP contribution in [0, 0.1) is 10.1 Å². The first-order valence-electron chi connectivity index (χ1n) is 6.04. The van der Waals surface area contributed by atoms with Gasteiger partial charge in [-0.15, -0.1) is 0 Å². The third kappa shape index (κ3) is 3.44. The molecule has 0 heterocycles. The SMILES string of the molecule is O=C(O)C(=Cc1ccccc1[N+](=O)[O-])c1ccc(Cl)cc1Cl. The molecule has 0 radical (unpaired) electrons. The highest BCUT2D eigenvalue weighted by Crippen LogP contribution is 2.30. The summed E-state index contributed by atoms with van der Waals surface area (Å²) in [6.45, 7) is 0. The number of nitro groups is 1. The Labute approximate surface area is 135 Å². The summed E-state index contributed by atoms with van der Waals surface area (Å²) < 4.78 is 0. The number of hydrogen-bond acceptors (Lipinski definition) is 3. The number of carbonyl (C=O) groups is 1. The number of rotatable bonds is 4. The normalized spacial score (nSPS) is 11.3. The molecule has 2 aromatic rings. The van der Waals surface area contributed by atoms with Gasteiger partial charge in [-0.2, -0.15) is 0 Å². The van der Waals surface area contributed by atoms with Crippen molar-refractivity contribution in [1.29, 1.82) is 0 Å². The molecule has 0 aliphatic carbocycles. The average molecular weight is 338 g/mol. The lowest BCUT2D eigenvalue weighted by atomic mass is 10.0. The molecule has 5 nitrogen and oxygen atoms in total. The number of benzene rings is 2. The highest BCUT2D eigenvalue weighted by Gasteiger charge is 2.17. The Hall–Kier alpha value is -2.37. The van der Waals surface area contributed by atoms with Gasteiger partial charge < -0.3 is 5.11 Å². The van der Waals surface area contributed by atoms with E-state index in [1.807, 2.05) is 0 Å². The van der Waals surface area contributed by atoms with Crippen LogP contribution in [-0.2, 0) is 4.79 Å². The fourth-order valence-corrected chi connectivity index (χ4v) is 2.40. The van der Waals surface area contributed by atoms with Gasteiger partial charge in [0.15, 0.2) is 0 Å². The lowest BCUT2D eigenvalue weighted by molar-refractivity contribution is -0.385. The standard InChI is InChI=1S/C15H9Cl2NO4/c16-10-5-6-11(13(17)8-10)12(15(19)20)7-9-3-1-2-4-14(9)18(21)22/h1-8H,(H,19,20). The largest absolute Gasteiger partial charge is 0.478 e. The first kappa shape index (κ1) is 16.0. The Bertz CT molecular complexity index is 787. The van der Waals surface area contributed by atoms with Crippen molar-refractivity contribution in [1.82, 2.24) is 0 Å². The molecule has 0 bridgehead atoms. The number of nitrogens with zero attached hydrogens (tertiary/aromatic N) is 1. The maximum Gasteiger partial charge on any atom is 0.336 e. The molecular weight excluding hydrogens is 329 g/mol. The molecule has 0 aliphatic rings. The van der Waals surface area contributed by atoms with Crippen molar-refractivity contribution in [2.75, 3.05) is 0 Å². The van der Waals surface area contributed by atoms with Gasteiger partial charge in [0, 0.05) is 16.7 Å². The van der Waals surface area contributed by atoms with Crippen molar-refractivity contribution in [3.05, 3.63) is 73.8 Å². The van der Waals surface area contributed by atoms with Gasteiger partial charge >= 0.3 is 5.97 Å². The molecule has 0 saturated heterocycles. The topological polar surface area (TPSA) is 80.4 Å².